The molecule has 0 spiro atoms. The van der Waals surface area contributed by atoms with E-state index >= 15 is 0 Å². The molecular weight excluding hydrogens is 518 g/mol. The van der Waals surface area contributed by atoms with E-state index in [1.807, 2.05) is 24.3 Å². The van der Waals surface area contributed by atoms with Gasteiger partial charge in [-0.2, -0.15) is 0 Å². The molecule has 9 N–H and O–H groups in total. The minimum absolute atomic E-state index is 0.0247. The van der Waals surface area contributed by atoms with Crippen molar-refractivity contribution in [3.63, 3.8) is 0 Å². The maximum Gasteiger partial charge on any atom is 0.326 e. The smallest absolute Gasteiger partial charge is 0.326 e. The number of H-pyrrole nitrogens is 1. The highest BCUT2D eigenvalue weighted by molar-refractivity contribution is 5.95. The van der Waals surface area contributed by atoms with Gasteiger partial charge in [0.2, 0.25) is 17.7 Å². The van der Waals surface area contributed by atoms with Crippen LogP contribution in [0.1, 0.15) is 25.0 Å². The molecule has 0 saturated carbocycles. The second-order valence-electron chi connectivity index (χ2n) is 9.71. The SMILES string of the molecule is CC(O)C(NC(=O)C(N)Cc1c[nH]c2ccccc12)C(=O)NC(C(=O)NC(Cc1ccccc1)C(=O)O)C(C)O. The lowest BCUT2D eigenvalue weighted by Crippen LogP contribution is -2.62. The van der Waals surface area contributed by atoms with Crippen LogP contribution in [0.4, 0.5) is 0 Å². The minimum Gasteiger partial charge on any atom is -0.480 e. The third-order valence-electron chi connectivity index (χ3n) is 6.47. The van der Waals surface area contributed by atoms with Crippen molar-refractivity contribution in [1.82, 2.24) is 20.9 Å². The summed E-state index contributed by atoms with van der Waals surface area (Å²) in [6, 6.07) is 10.7. The van der Waals surface area contributed by atoms with Crippen LogP contribution < -0.4 is 21.7 Å². The number of aliphatic carboxylic acids is 1. The molecule has 0 aliphatic rings. The third-order valence-corrected chi connectivity index (χ3v) is 6.47. The predicted molar refractivity (Wildman–Crippen MR) is 147 cm³/mol. The Balaban J connectivity index is 1.65. The summed E-state index contributed by atoms with van der Waals surface area (Å²) in [6.45, 7) is 2.51. The van der Waals surface area contributed by atoms with Gasteiger partial charge in [0.05, 0.1) is 18.2 Å². The van der Waals surface area contributed by atoms with Gasteiger partial charge >= 0.3 is 5.97 Å². The van der Waals surface area contributed by atoms with Crippen molar-refractivity contribution in [2.24, 2.45) is 5.73 Å². The Morgan fingerprint density at radius 3 is 1.95 bits per heavy atom. The standard InChI is InChI=1S/C28H35N5O7/c1-15(34)23(26(37)31-22(28(39)40)12-17-8-4-3-5-9-17)33-27(38)24(16(2)35)32-25(36)20(29)13-18-14-30-21-11-7-6-10-19(18)21/h3-11,14-16,20,22-24,30,34-35H,12-13,29H2,1-2H3,(H,31,37)(H,32,36)(H,33,38)(H,39,40). The van der Waals surface area contributed by atoms with Gasteiger partial charge in [0.15, 0.2) is 0 Å². The van der Waals surface area contributed by atoms with Gasteiger partial charge in [0.25, 0.3) is 0 Å². The number of aromatic nitrogens is 1. The average Bonchev–Trinajstić information content (AvgIpc) is 3.32. The highest BCUT2D eigenvalue weighted by Gasteiger charge is 2.34. The molecule has 0 aliphatic carbocycles. The molecule has 2 aromatic carbocycles. The predicted octanol–water partition coefficient (Wildman–Crippen LogP) is -0.419. The van der Waals surface area contributed by atoms with Crippen molar-refractivity contribution in [1.29, 1.82) is 0 Å². The molecule has 214 valence electrons. The van der Waals surface area contributed by atoms with Crippen LogP contribution in [0.5, 0.6) is 0 Å². The molecule has 3 aromatic rings. The molecule has 3 rings (SSSR count). The zero-order valence-electron chi connectivity index (χ0n) is 22.2. The molecule has 3 amide bonds. The molecule has 0 fully saturated rings. The first-order valence-electron chi connectivity index (χ1n) is 12.8. The highest BCUT2D eigenvalue weighted by Crippen LogP contribution is 2.19. The summed E-state index contributed by atoms with van der Waals surface area (Å²) in [5, 5.41) is 38.0. The number of carbonyl (C=O) groups excluding carboxylic acids is 3. The van der Waals surface area contributed by atoms with Crippen molar-refractivity contribution in [2.75, 3.05) is 0 Å². The molecule has 1 aromatic heterocycles. The molecule has 12 nitrogen and oxygen atoms in total. The van der Waals surface area contributed by atoms with Crippen LogP contribution in [0.3, 0.4) is 0 Å². The summed E-state index contributed by atoms with van der Waals surface area (Å²) in [5.74, 6) is -3.92. The van der Waals surface area contributed by atoms with E-state index in [0.717, 1.165) is 16.5 Å². The minimum atomic E-state index is -1.57. The molecule has 40 heavy (non-hydrogen) atoms. The van der Waals surface area contributed by atoms with E-state index in [1.165, 1.54) is 13.8 Å². The lowest BCUT2D eigenvalue weighted by atomic mass is 10.0. The summed E-state index contributed by atoms with van der Waals surface area (Å²) in [4.78, 5) is 53.6. The molecule has 0 saturated heterocycles. The fourth-order valence-corrected chi connectivity index (χ4v) is 4.26. The van der Waals surface area contributed by atoms with Crippen LogP contribution in [0, 0.1) is 0 Å². The van der Waals surface area contributed by atoms with E-state index in [2.05, 4.69) is 20.9 Å². The van der Waals surface area contributed by atoms with Gasteiger partial charge in [-0.05, 0) is 37.5 Å². The van der Waals surface area contributed by atoms with Crippen molar-refractivity contribution in [3.05, 3.63) is 71.9 Å². The number of rotatable bonds is 13. The Hall–Kier alpha value is -4.26. The number of amides is 3. The van der Waals surface area contributed by atoms with Gasteiger partial charge in [-0.1, -0.05) is 48.5 Å². The fraction of sp³-hybridized carbons (Fsp3) is 0.357. The highest BCUT2D eigenvalue weighted by atomic mass is 16.4. The second kappa shape index (κ2) is 13.7. The summed E-state index contributed by atoms with van der Waals surface area (Å²) >= 11 is 0. The summed E-state index contributed by atoms with van der Waals surface area (Å²) in [7, 11) is 0. The molecular formula is C28H35N5O7. The quantitative estimate of drug-likeness (QED) is 0.139. The first-order chi connectivity index (χ1) is 19.0. The first-order valence-corrected chi connectivity index (χ1v) is 12.8. The number of carbonyl (C=O) groups is 4. The zero-order valence-corrected chi connectivity index (χ0v) is 22.2. The van der Waals surface area contributed by atoms with Crippen LogP contribution in [-0.2, 0) is 32.0 Å². The van der Waals surface area contributed by atoms with Crippen molar-refractivity contribution < 1.29 is 34.5 Å². The van der Waals surface area contributed by atoms with E-state index in [4.69, 9.17) is 5.73 Å². The van der Waals surface area contributed by atoms with E-state index in [1.54, 1.807) is 36.5 Å². The van der Waals surface area contributed by atoms with E-state index in [0.29, 0.717) is 5.56 Å². The Labute approximate surface area is 231 Å². The first kappa shape index (κ1) is 30.3. The third kappa shape index (κ3) is 7.88. The van der Waals surface area contributed by atoms with Crippen LogP contribution in [0.25, 0.3) is 10.9 Å². The van der Waals surface area contributed by atoms with Crippen LogP contribution >= 0.6 is 0 Å². The number of aromatic amines is 1. The normalized spacial score (nSPS) is 15.7. The van der Waals surface area contributed by atoms with Crippen molar-refractivity contribution >= 4 is 34.6 Å². The maximum atomic E-state index is 13.0. The Morgan fingerprint density at radius 2 is 1.35 bits per heavy atom. The van der Waals surface area contributed by atoms with Crippen molar-refractivity contribution in [3.8, 4) is 0 Å². The summed E-state index contributed by atoms with van der Waals surface area (Å²) < 4.78 is 0. The molecule has 0 aliphatic heterocycles. The molecule has 0 radical (unpaired) electrons. The van der Waals surface area contributed by atoms with Gasteiger partial charge in [-0.15, -0.1) is 0 Å². The lowest BCUT2D eigenvalue weighted by Gasteiger charge is -2.27. The summed E-state index contributed by atoms with van der Waals surface area (Å²) in [5.41, 5.74) is 8.43. The number of nitrogens with one attached hydrogen (secondary N) is 4. The number of aliphatic hydroxyl groups excluding tert-OH is 2. The molecule has 6 atom stereocenters. The molecule has 0 bridgehead atoms. The zero-order chi connectivity index (χ0) is 29.4. The summed E-state index contributed by atoms with van der Waals surface area (Å²) in [6.07, 6.45) is -0.939. The van der Waals surface area contributed by atoms with Crippen LogP contribution in [0.15, 0.2) is 60.8 Å². The Morgan fingerprint density at radius 1 is 0.800 bits per heavy atom. The maximum absolute atomic E-state index is 13.0. The lowest BCUT2D eigenvalue weighted by molar-refractivity contribution is -0.143. The van der Waals surface area contributed by atoms with E-state index in [9.17, 15) is 34.5 Å². The Kier molecular flexibility index (Phi) is 10.4. The number of fused-ring (bicyclic) bond motifs is 1. The number of para-hydroxylation sites is 1. The number of carboxylic acids is 1. The Bertz CT molecular complexity index is 1320. The number of nitrogens with two attached hydrogens (primary N) is 1. The van der Waals surface area contributed by atoms with Gasteiger partial charge in [-0.3, -0.25) is 14.4 Å². The van der Waals surface area contributed by atoms with E-state index in [-0.39, 0.29) is 12.8 Å². The van der Waals surface area contributed by atoms with E-state index < -0.39 is 60.1 Å². The number of aliphatic hydroxyl groups is 2. The van der Waals surface area contributed by atoms with Crippen LogP contribution in [-0.4, -0.2) is 80.4 Å². The second-order valence-corrected chi connectivity index (χ2v) is 9.71. The largest absolute Gasteiger partial charge is 0.480 e. The monoisotopic (exact) mass is 553 g/mol. The molecule has 1 heterocycles. The van der Waals surface area contributed by atoms with Crippen LogP contribution in [0.2, 0.25) is 0 Å². The molecule has 12 heteroatoms. The van der Waals surface area contributed by atoms with Gasteiger partial charge in [0.1, 0.15) is 18.1 Å². The van der Waals surface area contributed by atoms with Gasteiger partial charge in [-0.25, -0.2) is 4.79 Å². The number of carboxylic acid groups (broad SMARTS) is 1. The fourth-order valence-electron chi connectivity index (χ4n) is 4.26. The number of benzene rings is 2. The topological polar surface area (TPSA) is 207 Å². The van der Waals surface area contributed by atoms with Gasteiger partial charge in [0, 0.05) is 23.5 Å². The van der Waals surface area contributed by atoms with Gasteiger partial charge < -0.3 is 42.0 Å². The molecule has 6 unspecified atom stereocenters. The number of hydrogen-bond acceptors (Lipinski definition) is 7. The average molecular weight is 554 g/mol. The number of hydrogen-bond donors (Lipinski definition) is 8. The van der Waals surface area contributed by atoms with Crippen molar-refractivity contribution in [2.45, 2.75) is 63.1 Å².